The number of rotatable bonds is 4. The second-order valence-electron chi connectivity index (χ2n) is 3.76. The molecule has 100 valence electrons. The van der Waals surface area contributed by atoms with Crippen molar-refractivity contribution >= 4 is 17.7 Å². The highest BCUT2D eigenvalue weighted by Crippen LogP contribution is 2.32. The molecule has 0 spiro atoms. The van der Waals surface area contributed by atoms with E-state index in [1.807, 2.05) is 11.5 Å². The molecule has 0 aliphatic rings. The SMILES string of the molecule is COc1ccc(SC#N)cc1OC(=O)c1ccccc1. The molecule has 0 saturated heterocycles. The third kappa shape index (κ3) is 3.31. The molecule has 0 N–H and O–H groups in total. The van der Waals surface area contributed by atoms with Gasteiger partial charge in [-0.1, -0.05) is 18.2 Å². The first-order chi connectivity index (χ1) is 9.74. The fourth-order valence-electron chi connectivity index (χ4n) is 1.59. The van der Waals surface area contributed by atoms with E-state index in [2.05, 4.69) is 0 Å². The van der Waals surface area contributed by atoms with Crippen LogP contribution in [0.1, 0.15) is 10.4 Å². The molecule has 0 unspecified atom stereocenters. The Kier molecular flexibility index (Phi) is 4.64. The quantitative estimate of drug-likeness (QED) is 0.372. The number of benzene rings is 2. The van der Waals surface area contributed by atoms with Gasteiger partial charge in [0.1, 0.15) is 5.40 Å². The van der Waals surface area contributed by atoms with Crippen molar-refractivity contribution < 1.29 is 14.3 Å². The number of hydrogen-bond acceptors (Lipinski definition) is 5. The van der Waals surface area contributed by atoms with Crippen molar-refractivity contribution in [3.8, 4) is 16.9 Å². The number of carbonyl (C=O) groups is 1. The molecule has 0 radical (unpaired) electrons. The first-order valence-electron chi connectivity index (χ1n) is 5.76. The van der Waals surface area contributed by atoms with Crippen LogP contribution in [0.25, 0.3) is 0 Å². The third-order valence-electron chi connectivity index (χ3n) is 2.51. The van der Waals surface area contributed by atoms with Gasteiger partial charge in [-0.2, -0.15) is 5.26 Å². The predicted molar refractivity (Wildman–Crippen MR) is 75.9 cm³/mol. The summed E-state index contributed by atoms with van der Waals surface area (Å²) in [6.07, 6.45) is 0. The smallest absolute Gasteiger partial charge is 0.343 e. The van der Waals surface area contributed by atoms with Gasteiger partial charge in [0.15, 0.2) is 11.5 Å². The van der Waals surface area contributed by atoms with Crippen LogP contribution in [0.4, 0.5) is 0 Å². The van der Waals surface area contributed by atoms with Crippen LogP contribution in [0.5, 0.6) is 11.5 Å². The fraction of sp³-hybridized carbons (Fsp3) is 0.0667. The minimum atomic E-state index is -0.469. The van der Waals surface area contributed by atoms with Gasteiger partial charge in [0.25, 0.3) is 0 Å². The molecule has 0 bridgehead atoms. The summed E-state index contributed by atoms with van der Waals surface area (Å²) in [5.74, 6) is 0.265. The molecule has 4 nitrogen and oxygen atoms in total. The van der Waals surface area contributed by atoms with E-state index in [-0.39, 0.29) is 0 Å². The van der Waals surface area contributed by atoms with Crippen LogP contribution < -0.4 is 9.47 Å². The Labute approximate surface area is 120 Å². The predicted octanol–water partition coefficient (Wildman–Crippen LogP) is 3.49. The Bertz CT molecular complexity index is 650. The summed E-state index contributed by atoms with van der Waals surface area (Å²) >= 11 is 0.990. The van der Waals surface area contributed by atoms with E-state index in [1.54, 1.807) is 42.5 Å². The number of nitrogens with zero attached hydrogens (tertiary/aromatic N) is 1. The van der Waals surface area contributed by atoms with Gasteiger partial charge in [0, 0.05) is 4.90 Å². The molecular formula is C15H11NO3S. The number of esters is 1. The van der Waals surface area contributed by atoms with Crippen molar-refractivity contribution in [2.75, 3.05) is 7.11 Å². The van der Waals surface area contributed by atoms with Crippen LogP contribution in [0, 0.1) is 10.7 Å². The molecule has 0 aliphatic heterocycles. The lowest BCUT2D eigenvalue weighted by atomic mass is 10.2. The van der Waals surface area contributed by atoms with E-state index in [0.717, 1.165) is 11.8 Å². The standard InChI is InChI=1S/C15H11NO3S/c1-18-13-8-7-12(20-10-16)9-14(13)19-15(17)11-5-3-2-4-6-11/h2-9H,1H3. The van der Waals surface area contributed by atoms with Crippen LogP contribution >= 0.6 is 11.8 Å². The number of hydrogen-bond donors (Lipinski definition) is 0. The highest BCUT2D eigenvalue weighted by atomic mass is 32.2. The van der Waals surface area contributed by atoms with Gasteiger partial charge in [0.05, 0.1) is 12.7 Å². The highest BCUT2D eigenvalue weighted by molar-refractivity contribution is 8.03. The second kappa shape index (κ2) is 6.64. The van der Waals surface area contributed by atoms with Crippen molar-refractivity contribution in [3.63, 3.8) is 0 Å². The number of thiocyanates is 1. The van der Waals surface area contributed by atoms with Crippen LogP contribution in [0.3, 0.4) is 0 Å². The van der Waals surface area contributed by atoms with E-state index in [4.69, 9.17) is 14.7 Å². The molecule has 0 heterocycles. The van der Waals surface area contributed by atoms with E-state index in [0.29, 0.717) is 22.0 Å². The van der Waals surface area contributed by atoms with E-state index in [1.165, 1.54) is 7.11 Å². The number of methoxy groups -OCH3 is 1. The minimum Gasteiger partial charge on any atom is -0.493 e. The second-order valence-corrected chi connectivity index (χ2v) is 4.62. The van der Waals surface area contributed by atoms with Gasteiger partial charge < -0.3 is 9.47 Å². The zero-order chi connectivity index (χ0) is 14.4. The van der Waals surface area contributed by atoms with Gasteiger partial charge in [0.2, 0.25) is 0 Å². The van der Waals surface area contributed by atoms with Crippen LogP contribution in [-0.2, 0) is 0 Å². The summed E-state index contributed by atoms with van der Waals surface area (Å²) in [6, 6.07) is 13.7. The lowest BCUT2D eigenvalue weighted by Gasteiger charge is -2.10. The van der Waals surface area contributed by atoms with Crippen LogP contribution in [-0.4, -0.2) is 13.1 Å². The van der Waals surface area contributed by atoms with Crippen LogP contribution in [0.15, 0.2) is 53.4 Å². The maximum atomic E-state index is 12.0. The number of ether oxygens (including phenoxy) is 2. The Hall–Kier alpha value is -2.45. The zero-order valence-corrected chi connectivity index (χ0v) is 11.5. The zero-order valence-electron chi connectivity index (χ0n) is 10.7. The molecule has 0 aliphatic carbocycles. The molecule has 0 atom stereocenters. The molecule has 20 heavy (non-hydrogen) atoms. The molecule has 2 rings (SSSR count). The normalized spacial score (nSPS) is 9.60. The summed E-state index contributed by atoms with van der Waals surface area (Å²) in [6.45, 7) is 0. The molecule has 2 aromatic rings. The van der Waals surface area contributed by atoms with E-state index >= 15 is 0 Å². The van der Waals surface area contributed by atoms with Gasteiger partial charge in [-0.3, -0.25) is 0 Å². The monoisotopic (exact) mass is 285 g/mol. The first-order valence-corrected chi connectivity index (χ1v) is 6.57. The van der Waals surface area contributed by atoms with E-state index < -0.39 is 5.97 Å². The van der Waals surface area contributed by atoms with E-state index in [9.17, 15) is 4.79 Å². The lowest BCUT2D eigenvalue weighted by Crippen LogP contribution is -2.09. The van der Waals surface area contributed by atoms with Gasteiger partial charge in [-0.15, -0.1) is 0 Å². The van der Waals surface area contributed by atoms with Gasteiger partial charge in [-0.25, -0.2) is 4.79 Å². The van der Waals surface area contributed by atoms with Crippen LogP contribution in [0.2, 0.25) is 0 Å². The maximum Gasteiger partial charge on any atom is 0.343 e. The number of thioether (sulfide) groups is 1. The summed E-state index contributed by atoms with van der Waals surface area (Å²) in [7, 11) is 1.49. The average molecular weight is 285 g/mol. The Morgan fingerprint density at radius 2 is 1.90 bits per heavy atom. The average Bonchev–Trinajstić information content (AvgIpc) is 2.49. The number of carbonyl (C=O) groups excluding carboxylic acids is 1. The fourth-order valence-corrected chi connectivity index (χ4v) is 1.99. The number of nitriles is 1. The molecule has 0 aromatic heterocycles. The molecule has 0 amide bonds. The molecular weight excluding hydrogens is 274 g/mol. The lowest BCUT2D eigenvalue weighted by molar-refractivity contribution is 0.0729. The summed E-state index contributed by atoms with van der Waals surface area (Å²) in [5.41, 5.74) is 0.452. The molecule has 2 aromatic carbocycles. The van der Waals surface area contributed by atoms with Gasteiger partial charge >= 0.3 is 5.97 Å². The van der Waals surface area contributed by atoms with Crippen molar-refractivity contribution in [3.05, 3.63) is 54.1 Å². The largest absolute Gasteiger partial charge is 0.493 e. The van der Waals surface area contributed by atoms with Crippen molar-refractivity contribution in [1.29, 1.82) is 5.26 Å². The maximum absolute atomic E-state index is 12.0. The molecule has 5 heteroatoms. The molecule has 0 saturated carbocycles. The first kappa shape index (κ1) is 14.0. The Morgan fingerprint density at radius 1 is 1.15 bits per heavy atom. The topological polar surface area (TPSA) is 59.3 Å². The summed E-state index contributed by atoms with van der Waals surface area (Å²) in [4.78, 5) is 12.7. The molecule has 0 fully saturated rings. The van der Waals surface area contributed by atoms with Crippen molar-refractivity contribution in [2.24, 2.45) is 0 Å². The van der Waals surface area contributed by atoms with Gasteiger partial charge in [-0.05, 0) is 42.1 Å². The minimum absolute atomic E-state index is 0.293. The van der Waals surface area contributed by atoms with Crippen molar-refractivity contribution in [1.82, 2.24) is 0 Å². The highest BCUT2D eigenvalue weighted by Gasteiger charge is 2.13. The Morgan fingerprint density at radius 3 is 2.55 bits per heavy atom. The summed E-state index contributed by atoms with van der Waals surface area (Å²) in [5, 5.41) is 10.6. The summed E-state index contributed by atoms with van der Waals surface area (Å²) < 4.78 is 10.5. The Balaban J connectivity index is 2.25. The van der Waals surface area contributed by atoms with Crippen molar-refractivity contribution in [2.45, 2.75) is 4.90 Å². The third-order valence-corrected chi connectivity index (χ3v) is 3.09.